The van der Waals surface area contributed by atoms with Crippen molar-refractivity contribution in [3.05, 3.63) is 48.0 Å². The highest BCUT2D eigenvalue weighted by Gasteiger charge is 2.10. The van der Waals surface area contributed by atoms with Crippen LogP contribution in [-0.4, -0.2) is 15.1 Å². The molecule has 0 aliphatic rings. The van der Waals surface area contributed by atoms with Crippen molar-refractivity contribution in [2.24, 2.45) is 0 Å². The molecular weight excluding hydrogens is 238 g/mol. The van der Waals surface area contributed by atoms with Gasteiger partial charge in [0.2, 0.25) is 0 Å². The number of aromatic hydroxyl groups is 1. The van der Waals surface area contributed by atoms with E-state index in [0.717, 1.165) is 12.1 Å². The molecule has 0 saturated heterocycles. The Balaban J connectivity index is 2.19. The number of phenolic OH excluding ortho intramolecular Hbond substituents is 1. The van der Waals surface area contributed by atoms with Crippen LogP contribution in [0, 0.1) is 11.6 Å². The fourth-order valence-corrected chi connectivity index (χ4v) is 1.79. The first-order valence-electron chi connectivity index (χ1n) is 5.27. The fraction of sp³-hybridized carbons (Fsp3) is 0. The average molecular weight is 246 g/mol. The zero-order valence-electron chi connectivity index (χ0n) is 9.11. The summed E-state index contributed by atoms with van der Waals surface area (Å²) in [6.45, 7) is 0. The van der Waals surface area contributed by atoms with Crippen molar-refractivity contribution in [3.63, 3.8) is 0 Å². The third-order valence-electron chi connectivity index (χ3n) is 2.64. The second kappa shape index (κ2) is 3.80. The van der Waals surface area contributed by atoms with Gasteiger partial charge in [0, 0.05) is 17.7 Å². The molecule has 2 N–H and O–H groups in total. The first kappa shape index (κ1) is 10.7. The summed E-state index contributed by atoms with van der Waals surface area (Å²) in [5.41, 5.74) is 1.39. The molecule has 0 atom stereocenters. The van der Waals surface area contributed by atoms with E-state index in [4.69, 9.17) is 0 Å². The maximum Gasteiger partial charge on any atom is 0.161 e. The van der Waals surface area contributed by atoms with Crippen molar-refractivity contribution in [1.82, 2.24) is 9.97 Å². The zero-order chi connectivity index (χ0) is 12.7. The molecule has 0 saturated carbocycles. The van der Waals surface area contributed by atoms with Gasteiger partial charge in [0.05, 0.1) is 11.0 Å². The average Bonchev–Trinajstić information content (AvgIpc) is 2.73. The number of imidazole rings is 1. The second-order valence-electron chi connectivity index (χ2n) is 3.92. The number of nitrogens with zero attached hydrogens (tertiary/aromatic N) is 1. The van der Waals surface area contributed by atoms with E-state index >= 15 is 0 Å². The maximum absolute atomic E-state index is 13.1. The minimum atomic E-state index is -0.934. The summed E-state index contributed by atoms with van der Waals surface area (Å²) in [7, 11) is 0. The van der Waals surface area contributed by atoms with Crippen LogP contribution in [0.5, 0.6) is 5.75 Å². The Morgan fingerprint density at radius 1 is 1.06 bits per heavy atom. The topological polar surface area (TPSA) is 48.9 Å². The Morgan fingerprint density at radius 3 is 2.61 bits per heavy atom. The molecule has 3 rings (SSSR count). The Bertz CT molecular complexity index is 698. The van der Waals surface area contributed by atoms with E-state index in [2.05, 4.69) is 9.97 Å². The molecule has 3 aromatic rings. The normalized spacial score (nSPS) is 11.0. The van der Waals surface area contributed by atoms with E-state index in [1.807, 2.05) is 0 Å². The van der Waals surface area contributed by atoms with Crippen LogP contribution in [0.15, 0.2) is 36.4 Å². The molecule has 5 heteroatoms. The predicted molar refractivity (Wildman–Crippen MR) is 63.1 cm³/mol. The minimum Gasteiger partial charge on any atom is -0.508 e. The highest BCUT2D eigenvalue weighted by atomic mass is 19.2. The number of hydrogen-bond acceptors (Lipinski definition) is 2. The number of rotatable bonds is 1. The van der Waals surface area contributed by atoms with Gasteiger partial charge < -0.3 is 10.1 Å². The molecule has 0 radical (unpaired) electrons. The molecule has 0 aliphatic heterocycles. The quantitative estimate of drug-likeness (QED) is 0.692. The number of aromatic amines is 1. The summed E-state index contributed by atoms with van der Waals surface area (Å²) in [6, 6.07) is 8.55. The summed E-state index contributed by atoms with van der Waals surface area (Å²) in [4.78, 5) is 7.03. The van der Waals surface area contributed by atoms with Crippen LogP contribution in [0.3, 0.4) is 0 Å². The van der Waals surface area contributed by atoms with Crippen LogP contribution < -0.4 is 0 Å². The number of benzene rings is 2. The molecular formula is C13H8F2N2O. The van der Waals surface area contributed by atoms with Crippen molar-refractivity contribution in [1.29, 1.82) is 0 Å². The standard InChI is InChI=1S/C13H8F2N2O/c14-9-5-11-12(6-10(9)15)17-13(16-11)7-2-1-3-8(18)4-7/h1-6,18H,(H,16,17). The molecule has 1 heterocycles. The summed E-state index contributed by atoms with van der Waals surface area (Å²) >= 11 is 0. The molecule has 18 heavy (non-hydrogen) atoms. The number of aromatic nitrogens is 2. The number of hydrogen-bond donors (Lipinski definition) is 2. The van der Waals surface area contributed by atoms with E-state index in [9.17, 15) is 13.9 Å². The summed E-state index contributed by atoms with van der Waals surface area (Å²) < 4.78 is 26.1. The van der Waals surface area contributed by atoms with Gasteiger partial charge in [-0.1, -0.05) is 12.1 Å². The van der Waals surface area contributed by atoms with Crippen molar-refractivity contribution < 1.29 is 13.9 Å². The molecule has 0 fully saturated rings. The van der Waals surface area contributed by atoms with Gasteiger partial charge in [0.25, 0.3) is 0 Å². The molecule has 2 aromatic carbocycles. The van der Waals surface area contributed by atoms with Gasteiger partial charge in [-0.3, -0.25) is 0 Å². The van der Waals surface area contributed by atoms with Gasteiger partial charge in [-0.15, -0.1) is 0 Å². The first-order chi connectivity index (χ1) is 8.63. The van der Waals surface area contributed by atoms with E-state index in [-0.39, 0.29) is 5.75 Å². The van der Waals surface area contributed by atoms with E-state index < -0.39 is 11.6 Å². The molecule has 0 unspecified atom stereocenters. The molecule has 0 aliphatic carbocycles. The van der Waals surface area contributed by atoms with Crippen LogP contribution in [0.2, 0.25) is 0 Å². The lowest BCUT2D eigenvalue weighted by Crippen LogP contribution is -1.82. The van der Waals surface area contributed by atoms with Crippen LogP contribution >= 0.6 is 0 Å². The lowest BCUT2D eigenvalue weighted by Gasteiger charge is -1.96. The smallest absolute Gasteiger partial charge is 0.161 e. The van der Waals surface area contributed by atoms with Crippen molar-refractivity contribution in [2.75, 3.05) is 0 Å². The van der Waals surface area contributed by atoms with Gasteiger partial charge in [-0.25, -0.2) is 13.8 Å². The van der Waals surface area contributed by atoms with Crippen molar-refractivity contribution in [2.45, 2.75) is 0 Å². The van der Waals surface area contributed by atoms with Crippen LogP contribution in [0.25, 0.3) is 22.4 Å². The molecule has 1 aromatic heterocycles. The van der Waals surface area contributed by atoms with Crippen molar-refractivity contribution >= 4 is 11.0 Å². The minimum absolute atomic E-state index is 0.102. The first-order valence-corrected chi connectivity index (χ1v) is 5.27. The third kappa shape index (κ3) is 1.69. The van der Waals surface area contributed by atoms with E-state index in [0.29, 0.717) is 22.4 Å². The number of H-pyrrole nitrogens is 1. The van der Waals surface area contributed by atoms with Gasteiger partial charge >= 0.3 is 0 Å². The van der Waals surface area contributed by atoms with Crippen LogP contribution in [0.1, 0.15) is 0 Å². The Labute approximate surface area is 101 Å². The number of fused-ring (bicyclic) bond motifs is 1. The third-order valence-corrected chi connectivity index (χ3v) is 2.64. The van der Waals surface area contributed by atoms with E-state index in [1.54, 1.807) is 12.1 Å². The van der Waals surface area contributed by atoms with Gasteiger partial charge in [0.15, 0.2) is 11.6 Å². The van der Waals surface area contributed by atoms with Gasteiger partial charge in [0.1, 0.15) is 11.6 Å². The second-order valence-corrected chi connectivity index (χ2v) is 3.92. The van der Waals surface area contributed by atoms with Gasteiger partial charge in [-0.05, 0) is 12.1 Å². The lowest BCUT2D eigenvalue weighted by atomic mass is 10.2. The summed E-state index contributed by atoms with van der Waals surface area (Å²) in [5, 5.41) is 9.38. The summed E-state index contributed by atoms with van der Waals surface area (Å²) in [5.74, 6) is -1.30. The van der Waals surface area contributed by atoms with Crippen molar-refractivity contribution in [3.8, 4) is 17.1 Å². The largest absolute Gasteiger partial charge is 0.508 e. The lowest BCUT2D eigenvalue weighted by molar-refractivity contribution is 0.475. The Morgan fingerprint density at radius 2 is 1.83 bits per heavy atom. The molecule has 0 amide bonds. The Kier molecular flexibility index (Phi) is 2.26. The zero-order valence-corrected chi connectivity index (χ0v) is 9.11. The number of nitrogens with one attached hydrogen (secondary N) is 1. The van der Waals surface area contributed by atoms with Crippen LogP contribution in [-0.2, 0) is 0 Å². The predicted octanol–water partition coefficient (Wildman–Crippen LogP) is 3.21. The Hall–Kier alpha value is -2.43. The molecule has 0 bridgehead atoms. The maximum atomic E-state index is 13.1. The van der Waals surface area contributed by atoms with Gasteiger partial charge in [-0.2, -0.15) is 0 Å². The summed E-state index contributed by atoms with van der Waals surface area (Å²) in [6.07, 6.45) is 0. The highest BCUT2D eigenvalue weighted by Crippen LogP contribution is 2.24. The molecule has 90 valence electrons. The van der Waals surface area contributed by atoms with E-state index in [1.165, 1.54) is 12.1 Å². The molecule has 0 spiro atoms. The fourth-order valence-electron chi connectivity index (χ4n) is 1.79. The monoisotopic (exact) mass is 246 g/mol. The number of halogens is 2. The molecule has 3 nitrogen and oxygen atoms in total. The number of phenols is 1. The SMILES string of the molecule is Oc1cccc(-c2nc3cc(F)c(F)cc3[nH]2)c1. The van der Waals surface area contributed by atoms with Crippen LogP contribution in [0.4, 0.5) is 8.78 Å². The highest BCUT2D eigenvalue weighted by molar-refractivity contribution is 5.79.